The molecule has 1 aromatic heterocycles. The van der Waals surface area contributed by atoms with Gasteiger partial charge in [-0.05, 0) is 24.6 Å². The van der Waals surface area contributed by atoms with Gasteiger partial charge in [0.1, 0.15) is 12.3 Å². The third kappa shape index (κ3) is 2.80. The second kappa shape index (κ2) is 5.83. The minimum atomic E-state index is 0.213. The largest absolute Gasteiger partial charge is 0.493 e. The van der Waals surface area contributed by atoms with Crippen LogP contribution in [0, 0.1) is 11.3 Å². The van der Waals surface area contributed by atoms with E-state index >= 15 is 0 Å². The van der Waals surface area contributed by atoms with E-state index in [0.717, 1.165) is 17.4 Å². The van der Waals surface area contributed by atoms with Gasteiger partial charge in [0.2, 0.25) is 0 Å². The first kappa shape index (κ1) is 12.8. The van der Waals surface area contributed by atoms with Crippen LogP contribution in [0.4, 0.5) is 0 Å². The molecule has 0 saturated heterocycles. The Morgan fingerprint density at radius 3 is 3.00 bits per heavy atom. The number of hydrogen-bond acceptors (Lipinski definition) is 4. The van der Waals surface area contributed by atoms with E-state index in [1.165, 1.54) is 0 Å². The van der Waals surface area contributed by atoms with Gasteiger partial charge >= 0.3 is 0 Å². The molecule has 0 radical (unpaired) electrons. The summed E-state index contributed by atoms with van der Waals surface area (Å²) in [5.41, 5.74) is 2.31. The zero-order chi connectivity index (χ0) is 13.7. The number of nitrogens with zero attached hydrogens (tertiary/aromatic N) is 3. The van der Waals surface area contributed by atoms with Gasteiger partial charge in [0, 0.05) is 11.8 Å². The highest BCUT2D eigenvalue weighted by atomic mass is 16.5. The van der Waals surface area contributed by atoms with Crippen LogP contribution >= 0.6 is 0 Å². The van der Waals surface area contributed by atoms with Crippen LogP contribution in [0.2, 0.25) is 0 Å². The summed E-state index contributed by atoms with van der Waals surface area (Å²) in [7, 11) is 0. The number of aromatic nitrogens is 2. The first-order valence-electron chi connectivity index (χ1n) is 5.90. The number of aldehydes is 1. The van der Waals surface area contributed by atoms with Crippen LogP contribution in [-0.2, 0) is 6.54 Å². The molecule has 5 nitrogen and oxygen atoms in total. The lowest BCUT2D eigenvalue weighted by Gasteiger charge is -2.07. The Morgan fingerprint density at radius 2 is 2.32 bits per heavy atom. The number of hydrogen-bond donors (Lipinski definition) is 0. The molecule has 2 aromatic rings. The normalized spacial score (nSPS) is 9.89. The molecule has 96 valence electrons. The van der Waals surface area contributed by atoms with E-state index in [-0.39, 0.29) is 6.54 Å². The maximum absolute atomic E-state index is 10.9. The molecule has 0 N–H and O–H groups in total. The number of carbonyl (C=O) groups is 1. The fraction of sp³-hybridized carbons (Fsp3) is 0.214. The van der Waals surface area contributed by atoms with Crippen molar-refractivity contribution in [3.8, 4) is 22.9 Å². The molecule has 0 saturated carbocycles. The van der Waals surface area contributed by atoms with Crippen LogP contribution in [0.1, 0.15) is 17.3 Å². The topological polar surface area (TPSA) is 67.9 Å². The maximum Gasteiger partial charge on any atom is 0.153 e. The highest BCUT2D eigenvalue weighted by molar-refractivity contribution is 5.81. The van der Waals surface area contributed by atoms with E-state index in [1.54, 1.807) is 29.2 Å². The lowest BCUT2D eigenvalue weighted by molar-refractivity contribution is 0.112. The lowest BCUT2D eigenvalue weighted by Crippen LogP contribution is -1.96. The van der Waals surface area contributed by atoms with E-state index in [4.69, 9.17) is 10.00 Å². The van der Waals surface area contributed by atoms with Gasteiger partial charge in [-0.2, -0.15) is 10.4 Å². The Bertz CT molecular complexity index is 626. The van der Waals surface area contributed by atoms with Gasteiger partial charge in [-0.1, -0.05) is 6.07 Å². The highest BCUT2D eigenvalue weighted by Gasteiger charge is 2.07. The maximum atomic E-state index is 10.9. The van der Waals surface area contributed by atoms with Gasteiger partial charge < -0.3 is 4.74 Å². The molecule has 0 unspecified atom stereocenters. The zero-order valence-electron chi connectivity index (χ0n) is 10.5. The number of rotatable bonds is 5. The Morgan fingerprint density at radius 1 is 1.47 bits per heavy atom. The van der Waals surface area contributed by atoms with Crippen molar-refractivity contribution in [3.05, 3.63) is 36.2 Å². The quantitative estimate of drug-likeness (QED) is 0.769. The fourth-order valence-corrected chi connectivity index (χ4v) is 1.76. The van der Waals surface area contributed by atoms with E-state index in [1.807, 2.05) is 19.1 Å². The van der Waals surface area contributed by atoms with Crippen molar-refractivity contribution in [2.45, 2.75) is 13.5 Å². The molecule has 0 atom stereocenters. The van der Waals surface area contributed by atoms with E-state index < -0.39 is 0 Å². The summed E-state index contributed by atoms with van der Waals surface area (Å²) in [6, 6.07) is 7.39. The summed E-state index contributed by atoms with van der Waals surface area (Å²) in [5, 5.41) is 12.7. The number of carbonyl (C=O) groups excluding carboxylic acids is 1. The molecule has 0 aliphatic heterocycles. The SMILES string of the molecule is CCOc1cc(-c2cnn(CC#N)c2)ccc1C=O. The third-order valence-electron chi connectivity index (χ3n) is 2.64. The monoisotopic (exact) mass is 255 g/mol. The second-order valence-corrected chi connectivity index (χ2v) is 3.89. The Balaban J connectivity index is 2.36. The molecule has 0 aliphatic rings. The van der Waals surface area contributed by atoms with Gasteiger partial charge in [0.15, 0.2) is 6.29 Å². The van der Waals surface area contributed by atoms with Crippen molar-refractivity contribution >= 4 is 6.29 Å². The van der Waals surface area contributed by atoms with Crippen LogP contribution in [0.15, 0.2) is 30.6 Å². The smallest absolute Gasteiger partial charge is 0.153 e. The Labute approximate surface area is 111 Å². The summed E-state index contributed by atoms with van der Waals surface area (Å²) in [6.07, 6.45) is 4.24. The summed E-state index contributed by atoms with van der Waals surface area (Å²) < 4.78 is 6.99. The fourth-order valence-electron chi connectivity index (χ4n) is 1.76. The van der Waals surface area contributed by atoms with Crippen molar-refractivity contribution in [1.29, 1.82) is 5.26 Å². The molecule has 0 bridgehead atoms. The molecular formula is C14H13N3O2. The molecular weight excluding hydrogens is 242 g/mol. The lowest BCUT2D eigenvalue weighted by atomic mass is 10.1. The van der Waals surface area contributed by atoms with Crippen molar-refractivity contribution < 1.29 is 9.53 Å². The Kier molecular flexibility index (Phi) is 3.94. The summed E-state index contributed by atoms with van der Waals surface area (Å²) in [6.45, 7) is 2.58. The standard InChI is InChI=1S/C14H13N3O2/c1-2-19-14-7-11(3-4-12(14)10-18)13-8-16-17(9-13)6-5-15/h3-4,7-10H,2,6H2,1H3. The second-order valence-electron chi connectivity index (χ2n) is 3.89. The van der Waals surface area contributed by atoms with Crippen molar-refractivity contribution in [3.63, 3.8) is 0 Å². The van der Waals surface area contributed by atoms with Crippen molar-refractivity contribution in [2.75, 3.05) is 6.61 Å². The van der Waals surface area contributed by atoms with Crippen LogP contribution in [0.3, 0.4) is 0 Å². The molecule has 5 heteroatoms. The molecule has 0 spiro atoms. The molecule has 0 amide bonds. The van der Waals surface area contributed by atoms with Gasteiger partial charge in [-0.25, -0.2) is 0 Å². The van der Waals surface area contributed by atoms with E-state index in [2.05, 4.69) is 5.10 Å². The zero-order valence-corrected chi connectivity index (χ0v) is 10.5. The minimum Gasteiger partial charge on any atom is -0.493 e. The number of nitriles is 1. The summed E-state index contributed by atoms with van der Waals surface area (Å²) in [4.78, 5) is 10.9. The molecule has 2 rings (SSSR count). The molecule has 1 heterocycles. The molecule has 1 aromatic carbocycles. The predicted octanol–water partition coefficient (Wildman–Crippen LogP) is 2.28. The van der Waals surface area contributed by atoms with E-state index in [9.17, 15) is 4.79 Å². The van der Waals surface area contributed by atoms with Crippen LogP contribution < -0.4 is 4.74 Å². The first-order chi connectivity index (χ1) is 9.28. The van der Waals surface area contributed by atoms with Crippen molar-refractivity contribution in [2.24, 2.45) is 0 Å². The van der Waals surface area contributed by atoms with Gasteiger partial charge in [-0.15, -0.1) is 0 Å². The Hall–Kier alpha value is -2.61. The summed E-state index contributed by atoms with van der Waals surface area (Å²) in [5.74, 6) is 0.558. The van der Waals surface area contributed by atoms with Crippen LogP contribution in [0.5, 0.6) is 5.75 Å². The third-order valence-corrected chi connectivity index (χ3v) is 2.64. The summed E-state index contributed by atoms with van der Waals surface area (Å²) >= 11 is 0. The van der Waals surface area contributed by atoms with Gasteiger partial charge in [-0.3, -0.25) is 9.48 Å². The first-order valence-corrected chi connectivity index (χ1v) is 5.90. The minimum absolute atomic E-state index is 0.213. The van der Waals surface area contributed by atoms with Crippen LogP contribution in [0.25, 0.3) is 11.1 Å². The molecule has 19 heavy (non-hydrogen) atoms. The predicted molar refractivity (Wildman–Crippen MR) is 69.8 cm³/mol. The van der Waals surface area contributed by atoms with Crippen molar-refractivity contribution in [1.82, 2.24) is 9.78 Å². The van der Waals surface area contributed by atoms with Gasteiger partial charge in [0.05, 0.1) is 24.4 Å². The average molecular weight is 255 g/mol. The highest BCUT2D eigenvalue weighted by Crippen LogP contribution is 2.26. The van der Waals surface area contributed by atoms with Crippen LogP contribution in [-0.4, -0.2) is 22.7 Å². The van der Waals surface area contributed by atoms with E-state index in [0.29, 0.717) is 17.9 Å². The molecule has 0 aliphatic carbocycles. The average Bonchev–Trinajstić information content (AvgIpc) is 2.88. The number of ether oxygens (including phenoxy) is 1. The molecule has 0 fully saturated rings. The number of benzene rings is 1. The van der Waals surface area contributed by atoms with Gasteiger partial charge in [0.25, 0.3) is 0 Å².